The predicted molar refractivity (Wildman–Crippen MR) is 119 cm³/mol. The van der Waals surface area contributed by atoms with Crippen molar-refractivity contribution < 1.29 is 17.6 Å². The molecule has 0 spiro atoms. The maximum Gasteiger partial charge on any atom is 0.253 e. The molecule has 4 heterocycles. The molecule has 0 bridgehead atoms. The highest BCUT2D eigenvalue weighted by Gasteiger charge is 2.37. The van der Waals surface area contributed by atoms with Crippen molar-refractivity contribution in [2.24, 2.45) is 0 Å². The molecule has 1 N–H and O–H groups in total. The van der Waals surface area contributed by atoms with E-state index in [0.717, 1.165) is 6.20 Å². The fourth-order valence-corrected chi connectivity index (χ4v) is 6.00. The fraction of sp³-hybridized carbons (Fsp3) is 0.227. The van der Waals surface area contributed by atoms with Crippen molar-refractivity contribution in [3.63, 3.8) is 0 Å². The lowest BCUT2D eigenvalue weighted by molar-refractivity contribution is 0.0642. The number of nitrogens with zero attached hydrogens (tertiary/aromatic N) is 5. The fourth-order valence-electron chi connectivity index (χ4n) is 4.22. The molecule has 1 aliphatic rings. The molecule has 3 aromatic heterocycles. The molecule has 0 aliphatic carbocycles. The molecular formula is C22H21FN6O3S. The number of fused-ring (bicyclic) bond motifs is 1. The molecule has 1 atom stereocenters. The van der Waals surface area contributed by atoms with E-state index in [9.17, 15) is 17.6 Å². The number of carbonyl (C=O) groups excluding carboxylic acids is 1. The Morgan fingerprint density at radius 1 is 1.21 bits per heavy atom. The third-order valence-corrected chi connectivity index (χ3v) is 7.85. The van der Waals surface area contributed by atoms with Gasteiger partial charge in [0, 0.05) is 49.8 Å². The lowest BCUT2D eigenvalue weighted by Gasteiger charge is -2.38. The number of H-pyrrole nitrogens is 1. The standard InChI is InChI=1S/C22H21FN6O3S/c1-15-13-27(22(30)16-5-3-2-4-6-16)9-10-29(15)33(31,32)18-12-25-20-19(18)17(23)11-26-21(20)28-8-7-24-14-28/h2-8,11-12,14-15,25H,9-10,13H2,1H3/t15-/m0/s1. The average molecular weight is 469 g/mol. The third-order valence-electron chi connectivity index (χ3n) is 5.82. The Bertz CT molecular complexity index is 1420. The number of hydrogen-bond donors (Lipinski definition) is 1. The quantitative estimate of drug-likeness (QED) is 0.495. The third kappa shape index (κ3) is 3.58. The Labute approximate surface area is 189 Å². The molecular weight excluding hydrogens is 447 g/mol. The predicted octanol–water partition coefficient (Wildman–Crippen LogP) is 2.42. The molecule has 5 rings (SSSR count). The van der Waals surface area contributed by atoms with Gasteiger partial charge < -0.3 is 9.88 Å². The van der Waals surface area contributed by atoms with Gasteiger partial charge in [-0.3, -0.25) is 9.36 Å². The Hall–Kier alpha value is -3.57. The van der Waals surface area contributed by atoms with E-state index >= 15 is 0 Å². The minimum absolute atomic E-state index is 0.0521. The van der Waals surface area contributed by atoms with Crippen molar-refractivity contribution in [1.82, 2.24) is 28.7 Å². The number of sulfonamides is 1. The summed E-state index contributed by atoms with van der Waals surface area (Å²) in [5.41, 5.74) is 0.816. The maximum absolute atomic E-state index is 14.8. The van der Waals surface area contributed by atoms with E-state index in [1.807, 2.05) is 6.07 Å². The second-order valence-corrected chi connectivity index (χ2v) is 9.74. The van der Waals surface area contributed by atoms with Gasteiger partial charge in [0.2, 0.25) is 10.0 Å². The molecule has 170 valence electrons. The number of imidazole rings is 1. The van der Waals surface area contributed by atoms with Gasteiger partial charge in [0.05, 0.1) is 17.1 Å². The van der Waals surface area contributed by atoms with Gasteiger partial charge in [0.1, 0.15) is 11.2 Å². The molecule has 0 radical (unpaired) electrons. The molecule has 4 aromatic rings. The van der Waals surface area contributed by atoms with Gasteiger partial charge >= 0.3 is 0 Å². The van der Waals surface area contributed by atoms with Crippen LogP contribution in [0.1, 0.15) is 17.3 Å². The van der Waals surface area contributed by atoms with E-state index in [4.69, 9.17) is 0 Å². The first kappa shape index (κ1) is 21.3. The van der Waals surface area contributed by atoms with E-state index < -0.39 is 21.9 Å². The van der Waals surface area contributed by atoms with Crippen molar-refractivity contribution in [1.29, 1.82) is 0 Å². The first-order valence-corrected chi connectivity index (χ1v) is 11.8. The molecule has 11 heteroatoms. The Kier molecular flexibility index (Phi) is 5.22. The minimum Gasteiger partial charge on any atom is -0.357 e. The van der Waals surface area contributed by atoms with Gasteiger partial charge in [-0.15, -0.1) is 0 Å². The van der Waals surface area contributed by atoms with Gasteiger partial charge in [-0.1, -0.05) is 18.2 Å². The van der Waals surface area contributed by atoms with Crippen LogP contribution in [0.25, 0.3) is 16.7 Å². The second-order valence-electron chi connectivity index (χ2n) is 7.88. The first-order valence-electron chi connectivity index (χ1n) is 10.4. The number of amides is 1. The zero-order chi connectivity index (χ0) is 23.2. The van der Waals surface area contributed by atoms with Gasteiger partial charge in [0.15, 0.2) is 11.6 Å². The number of hydrogen-bond acceptors (Lipinski definition) is 5. The van der Waals surface area contributed by atoms with Crippen molar-refractivity contribution in [3.05, 3.63) is 72.8 Å². The largest absolute Gasteiger partial charge is 0.357 e. The van der Waals surface area contributed by atoms with Crippen molar-refractivity contribution in [2.75, 3.05) is 19.6 Å². The SMILES string of the molecule is C[C@H]1CN(C(=O)c2ccccc2)CCN1S(=O)(=O)c1c[nH]c2c(-n3ccnc3)ncc(F)c12. The summed E-state index contributed by atoms with van der Waals surface area (Å²) in [6.45, 7) is 2.32. The van der Waals surface area contributed by atoms with Crippen LogP contribution in [0.4, 0.5) is 4.39 Å². The number of carbonyl (C=O) groups is 1. The number of rotatable bonds is 4. The number of aromatic nitrogens is 4. The van der Waals surface area contributed by atoms with Crippen LogP contribution in [-0.2, 0) is 10.0 Å². The molecule has 1 aromatic carbocycles. The number of aromatic amines is 1. The summed E-state index contributed by atoms with van der Waals surface area (Å²) < 4.78 is 44.8. The van der Waals surface area contributed by atoms with E-state index in [1.54, 1.807) is 53.0 Å². The maximum atomic E-state index is 14.8. The Morgan fingerprint density at radius 3 is 2.70 bits per heavy atom. The summed E-state index contributed by atoms with van der Waals surface area (Å²) in [4.78, 5) is 25.2. The smallest absolute Gasteiger partial charge is 0.253 e. The van der Waals surface area contributed by atoms with Crippen molar-refractivity contribution >= 4 is 26.8 Å². The van der Waals surface area contributed by atoms with E-state index in [-0.39, 0.29) is 41.3 Å². The number of piperazine rings is 1. The summed E-state index contributed by atoms with van der Waals surface area (Å²) in [5, 5.41) is -0.0521. The highest BCUT2D eigenvalue weighted by atomic mass is 32.2. The van der Waals surface area contributed by atoms with E-state index in [0.29, 0.717) is 11.4 Å². The van der Waals surface area contributed by atoms with Gasteiger partial charge in [0.25, 0.3) is 5.91 Å². The van der Waals surface area contributed by atoms with Gasteiger partial charge in [-0.25, -0.2) is 22.8 Å². The lowest BCUT2D eigenvalue weighted by atomic mass is 10.1. The topological polar surface area (TPSA) is 104 Å². The monoisotopic (exact) mass is 468 g/mol. The second kappa shape index (κ2) is 8.09. The molecule has 33 heavy (non-hydrogen) atoms. The Morgan fingerprint density at radius 2 is 2.00 bits per heavy atom. The first-order chi connectivity index (χ1) is 15.9. The van der Waals surface area contributed by atoms with Crippen LogP contribution in [0, 0.1) is 5.82 Å². The average Bonchev–Trinajstić information content (AvgIpc) is 3.50. The Balaban J connectivity index is 1.46. The van der Waals surface area contributed by atoms with Crippen molar-refractivity contribution in [2.45, 2.75) is 17.9 Å². The lowest BCUT2D eigenvalue weighted by Crippen LogP contribution is -2.55. The number of nitrogens with one attached hydrogen (secondary N) is 1. The van der Waals surface area contributed by atoms with E-state index in [2.05, 4.69) is 15.0 Å². The number of benzene rings is 1. The summed E-state index contributed by atoms with van der Waals surface area (Å²) >= 11 is 0. The van der Waals surface area contributed by atoms with Crippen LogP contribution in [-0.4, -0.2) is 68.7 Å². The summed E-state index contributed by atoms with van der Waals surface area (Å²) in [5.74, 6) is -0.537. The van der Waals surface area contributed by atoms with Crippen LogP contribution in [0.2, 0.25) is 0 Å². The van der Waals surface area contributed by atoms with Crippen LogP contribution >= 0.6 is 0 Å². The molecule has 1 amide bonds. The number of halogens is 1. The van der Waals surface area contributed by atoms with Crippen LogP contribution in [0.15, 0.2) is 66.3 Å². The number of pyridine rings is 1. The van der Waals surface area contributed by atoms with Crippen molar-refractivity contribution in [3.8, 4) is 5.82 Å². The molecule has 1 fully saturated rings. The zero-order valence-electron chi connectivity index (χ0n) is 17.7. The summed E-state index contributed by atoms with van der Waals surface area (Å²) in [7, 11) is -4.04. The van der Waals surface area contributed by atoms with Gasteiger partial charge in [-0.2, -0.15) is 4.31 Å². The summed E-state index contributed by atoms with van der Waals surface area (Å²) in [6.07, 6.45) is 6.98. The molecule has 9 nitrogen and oxygen atoms in total. The van der Waals surface area contributed by atoms with Crippen LogP contribution < -0.4 is 0 Å². The van der Waals surface area contributed by atoms with E-state index in [1.165, 1.54) is 16.8 Å². The molecule has 1 saturated heterocycles. The molecule has 0 unspecified atom stereocenters. The summed E-state index contributed by atoms with van der Waals surface area (Å²) in [6, 6.07) is 8.39. The van der Waals surface area contributed by atoms with Crippen LogP contribution in [0.5, 0.6) is 0 Å². The minimum atomic E-state index is -4.04. The highest BCUT2D eigenvalue weighted by molar-refractivity contribution is 7.89. The molecule has 0 saturated carbocycles. The highest BCUT2D eigenvalue weighted by Crippen LogP contribution is 2.32. The normalized spacial score (nSPS) is 17.5. The molecule has 1 aliphatic heterocycles. The van der Waals surface area contributed by atoms with Gasteiger partial charge in [-0.05, 0) is 19.1 Å². The zero-order valence-corrected chi connectivity index (χ0v) is 18.5. The van der Waals surface area contributed by atoms with Crippen LogP contribution in [0.3, 0.4) is 0 Å².